The van der Waals surface area contributed by atoms with Crippen molar-refractivity contribution in [2.45, 2.75) is 12.3 Å². The van der Waals surface area contributed by atoms with Gasteiger partial charge in [-0.05, 0) is 41.8 Å². The summed E-state index contributed by atoms with van der Waals surface area (Å²) in [5.41, 5.74) is 1.47. The highest BCUT2D eigenvalue weighted by Gasteiger charge is 2.15. The van der Waals surface area contributed by atoms with E-state index in [2.05, 4.69) is 6.07 Å². The maximum absolute atomic E-state index is 13.1. The van der Waals surface area contributed by atoms with E-state index in [1.54, 1.807) is 30.3 Å². The summed E-state index contributed by atoms with van der Waals surface area (Å²) in [5, 5.41) is 10.2. The Labute approximate surface area is 121 Å². The van der Waals surface area contributed by atoms with Crippen LogP contribution in [0.3, 0.4) is 0 Å². The number of hydrogen-bond acceptors (Lipinski definition) is 1. The average molecular weight is 294 g/mol. The predicted octanol–water partition coefficient (Wildman–Crippen LogP) is 4.98. The minimum Gasteiger partial charge on any atom is -0.207 e. The van der Waals surface area contributed by atoms with Crippen LogP contribution in [0.4, 0.5) is 4.39 Å². The Kier molecular flexibility index (Phi) is 4.42. The van der Waals surface area contributed by atoms with Crippen molar-refractivity contribution in [3.8, 4) is 6.07 Å². The average Bonchev–Trinajstić information content (AvgIpc) is 2.37. The van der Waals surface area contributed by atoms with Crippen LogP contribution < -0.4 is 0 Å². The zero-order chi connectivity index (χ0) is 13.8. The largest absolute Gasteiger partial charge is 0.207 e. The highest BCUT2D eigenvalue weighted by molar-refractivity contribution is 6.35. The van der Waals surface area contributed by atoms with Crippen LogP contribution in [0.5, 0.6) is 0 Å². The van der Waals surface area contributed by atoms with Gasteiger partial charge in [0.25, 0.3) is 0 Å². The molecule has 0 aromatic heterocycles. The van der Waals surface area contributed by atoms with E-state index in [9.17, 15) is 9.65 Å². The molecule has 0 radical (unpaired) electrons. The quantitative estimate of drug-likeness (QED) is 0.783. The molecule has 0 saturated heterocycles. The molecule has 96 valence electrons. The van der Waals surface area contributed by atoms with E-state index >= 15 is 0 Å². The van der Waals surface area contributed by atoms with Crippen LogP contribution >= 0.6 is 23.2 Å². The molecule has 1 nitrogen and oxygen atoms in total. The molecular weight excluding hydrogens is 284 g/mol. The fourth-order valence-electron chi connectivity index (χ4n) is 1.91. The van der Waals surface area contributed by atoms with E-state index in [1.165, 1.54) is 12.1 Å². The van der Waals surface area contributed by atoms with Crippen molar-refractivity contribution in [3.63, 3.8) is 0 Å². The molecule has 2 rings (SSSR count). The van der Waals surface area contributed by atoms with Gasteiger partial charge in [-0.25, -0.2) is 4.39 Å². The standard InChI is InChI=1S/C15H10Cl2FN/c16-12-4-5-14(15(17)8-12)11(9-19)6-10-2-1-3-13(18)7-10/h1-5,7-8,11H,6H2. The second-order valence-electron chi connectivity index (χ2n) is 4.18. The molecule has 2 aromatic rings. The zero-order valence-electron chi connectivity index (χ0n) is 9.91. The van der Waals surface area contributed by atoms with Crippen LogP contribution in [0.1, 0.15) is 17.0 Å². The number of nitriles is 1. The van der Waals surface area contributed by atoms with Crippen LogP contribution in [0.2, 0.25) is 10.0 Å². The monoisotopic (exact) mass is 293 g/mol. The molecule has 0 N–H and O–H groups in total. The molecule has 0 fully saturated rings. The van der Waals surface area contributed by atoms with E-state index in [1.807, 2.05) is 0 Å². The number of benzene rings is 2. The fraction of sp³-hybridized carbons (Fsp3) is 0.133. The zero-order valence-corrected chi connectivity index (χ0v) is 11.4. The highest BCUT2D eigenvalue weighted by Crippen LogP contribution is 2.29. The Morgan fingerprint density at radius 3 is 2.58 bits per heavy atom. The van der Waals surface area contributed by atoms with Crippen molar-refractivity contribution in [2.75, 3.05) is 0 Å². The second-order valence-corrected chi connectivity index (χ2v) is 5.03. The van der Waals surface area contributed by atoms with Gasteiger partial charge < -0.3 is 0 Å². The van der Waals surface area contributed by atoms with Crippen molar-refractivity contribution >= 4 is 23.2 Å². The summed E-state index contributed by atoms with van der Waals surface area (Å²) < 4.78 is 13.1. The smallest absolute Gasteiger partial charge is 0.123 e. The minimum atomic E-state index is -0.424. The first kappa shape index (κ1) is 13.9. The lowest BCUT2D eigenvalue weighted by Gasteiger charge is -2.11. The van der Waals surface area contributed by atoms with Gasteiger partial charge in [0.05, 0.1) is 12.0 Å². The molecule has 0 bridgehead atoms. The second kappa shape index (κ2) is 6.06. The first-order chi connectivity index (χ1) is 9.10. The molecule has 0 amide bonds. The summed E-state index contributed by atoms with van der Waals surface area (Å²) in [7, 11) is 0. The normalized spacial score (nSPS) is 11.9. The lowest BCUT2D eigenvalue weighted by atomic mass is 9.93. The molecule has 0 saturated carbocycles. The van der Waals surface area contributed by atoms with Gasteiger partial charge in [0.1, 0.15) is 5.82 Å². The van der Waals surface area contributed by atoms with Crippen molar-refractivity contribution in [3.05, 3.63) is 69.5 Å². The predicted molar refractivity (Wildman–Crippen MR) is 74.9 cm³/mol. The van der Waals surface area contributed by atoms with E-state index < -0.39 is 5.92 Å². The number of halogens is 3. The Morgan fingerprint density at radius 1 is 1.16 bits per heavy atom. The number of nitrogens with zero attached hydrogens (tertiary/aromatic N) is 1. The van der Waals surface area contributed by atoms with Crippen molar-refractivity contribution in [1.82, 2.24) is 0 Å². The van der Waals surface area contributed by atoms with E-state index in [4.69, 9.17) is 23.2 Å². The fourth-order valence-corrected chi connectivity index (χ4v) is 2.45. The van der Waals surface area contributed by atoms with Gasteiger partial charge in [0, 0.05) is 10.0 Å². The van der Waals surface area contributed by atoms with Gasteiger partial charge in [-0.15, -0.1) is 0 Å². The van der Waals surface area contributed by atoms with Gasteiger partial charge in [-0.3, -0.25) is 0 Å². The minimum absolute atomic E-state index is 0.309. The first-order valence-electron chi connectivity index (χ1n) is 5.69. The van der Waals surface area contributed by atoms with Gasteiger partial charge >= 0.3 is 0 Å². The summed E-state index contributed by atoms with van der Waals surface area (Å²) >= 11 is 11.9. The van der Waals surface area contributed by atoms with Gasteiger partial charge in [0.2, 0.25) is 0 Å². The Balaban J connectivity index is 2.28. The molecule has 0 aliphatic carbocycles. The third kappa shape index (κ3) is 3.47. The number of rotatable bonds is 3. The summed E-state index contributed by atoms with van der Waals surface area (Å²) in [5.74, 6) is -0.733. The van der Waals surface area contributed by atoms with Gasteiger partial charge in [0.15, 0.2) is 0 Å². The van der Waals surface area contributed by atoms with Crippen molar-refractivity contribution in [2.24, 2.45) is 0 Å². The molecule has 0 spiro atoms. The van der Waals surface area contributed by atoms with Crippen LogP contribution in [-0.2, 0) is 6.42 Å². The molecule has 0 aliphatic heterocycles. The summed E-state index contributed by atoms with van der Waals surface area (Å²) in [6.07, 6.45) is 0.412. The lowest BCUT2D eigenvalue weighted by molar-refractivity contribution is 0.624. The summed E-state index contributed by atoms with van der Waals surface area (Å²) in [6.45, 7) is 0. The molecule has 1 atom stereocenters. The van der Waals surface area contributed by atoms with E-state index in [0.29, 0.717) is 22.0 Å². The third-order valence-electron chi connectivity index (χ3n) is 2.82. The molecule has 2 aromatic carbocycles. The first-order valence-corrected chi connectivity index (χ1v) is 6.45. The highest BCUT2D eigenvalue weighted by atomic mass is 35.5. The summed E-state index contributed by atoms with van der Waals surface area (Å²) in [4.78, 5) is 0. The lowest BCUT2D eigenvalue weighted by Crippen LogP contribution is -2.01. The molecule has 19 heavy (non-hydrogen) atoms. The van der Waals surface area contributed by atoms with Crippen LogP contribution in [-0.4, -0.2) is 0 Å². The Bertz CT molecular complexity index is 634. The van der Waals surface area contributed by atoms with E-state index in [-0.39, 0.29) is 5.82 Å². The molecule has 1 unspecified atom stereocenters. The summed E-state index contributed by atoms with van der Waals surface area (Å²) in [6, 6.07) is 13.4. The molecule has 0 heterocycles. The molecular formula is C15H10Cl2FN. The maximum atomic E-state index is 13.1. The third-order valence-corrected chi connectivity index (χ3v) is 3.39. The van der Waals surface area contributed by atoms with Crippen LogP contribution in [0.15, 0.2) is 42.5 Å². The molecule has 0 aliphatic rings. The molecule has 4 heteroatoms. The van der Waals surface area contributed by atoms with E-state index in [0.717, 1.165) is 5.56 Å². The Hall–Kier alpha value is -1.56. The topological polar surface area (TPSA) is 23.8 Å². The van der Waals surface area contributed by atoms with Crippen molar-refractivity contribution in [1.29, 1.82) is 5.26 Å². The van der Waals surface area contributed by atoms with Gasteiger partial charge in [-0.2, -0.15) is 5.26 Å². The SMILES string of the molecule is N#CC(Cc1cccc(F)c1)c1ccc(Cl)cc1Cl. The van der Waals surface area contributed by atoms with Crippen LogP contribution in [0, 0.1) is 17.1 Å². The maximum Gasteiger partial charge on any atom is 0.123 e. The van der Waals surface area contributed by atoms with Crippen molar-refractivity contribution < 1.29 is 4.39 Å². The van der Waals surface area contributed by atoms with Gasteiger partial charge in [-0.1, -0.05) is 41.4 Å². The Morgan fingerprint density at radius 2 is 1.95 bits per heavy atom. The number of hydrogen-bond donors (Lipinski definition) is 0. The van der Waals surface area contributed by atoms with Crippen LogP contribution in [0.25, 0.3) is 0 Å².